The van der Waals surface area contributed by atoms with Gasteiger partial charge in [-0.25, -0.2) is 0 Å². The number of methoxy groups -OCH3 is 1. The number of nitrogens with zero attached hydrogens (tertiary/aromatic N) is 4. The average Bonchev–Trinajstić information content (AvgIpc) is 3.41. The van der Waals surface area contributed by atoms with E-state index in [1.165, 1.54) is 17.3 Å². The maximum Gasteiger partial charge on any atom is 0.259 e. The van der Waals surface area contributed by atoms with Crippen LogP contribution >= 0.6 is 46.5 Å². The SMILES string of the molecule is COc1ccc(CSc2nnc(SCc3noc(-c4ccccc4Cl)n3)s2)cc1. The van der Waals surface area contributed by atoms with E-state index in [4.69, 9.17) is 20.9 Å². The maximum atomic E-state index is 6.17. The van der Waals surface area contributed by atoms with Gasteiger partial charge >= 0.3 is 0 Å². The van der Waals surface area contributed by atoms with Gasteiger partial charge in [0, 0.05) is 5.75 Å². The first kappa shape index (κ1) is 20.2. The van der Waals surface area contributed by atoms with Gasteiger partial charge in [-0.2, -0.15) is 4.98 Å². The zero-order valence-corrected chi connectivity index (χ0v) is 18.4. The van der Waals surface area contributed by atoms with Crippen molar-refractivity contribution in [3.8, 4) is 17.2 Å². The predicted octanol–water partition coefficient (Wildman–Crippen LogP) is 5.83. The molecule has 29 heavy (non-hydrogen) atoms. The molecular formula is C19H15ClN4O2S3. The van der Waals surface area contributed by atoms with Gasteiger partial charge in [-0.1, -0.05) is 75.9 Å². The first-order valence-corrected chi connectivity index (χ1v) is 11.7. The van der Waals surface area contributed by atoms with Crippen LogP contribution in [0.2, 0.25) is 5.02 Å². The van der Waals surface area contributed by atoms with Crippen LogP contribution in [0.4, 0.5) is 0 Å². The van der Waals surface area contributed by atoms with Crippen molar-refractivity contribution in [2.24, 2.45) is 0 Å². The maximum absolute atomic E-state index is 6.17. The number of benzene rings is 2. The lowest BCUT2D eigenvalue weighted by atomic mass is 10.2. The summed E-state index contributed by atoms with van der Waals surface area (Å²) in [4.78, 5) is 4.41. The van der Waals surface area contributed by atoms with Crippen molar-refractivity contribution in [1.82, 2.24) is 20.3 Å². The molecule has 0 fully saturated rings. The van der Waals surface area contributed by atoms with Crippen LogP contribution in [-0.2, 0) is 11.5 Å². The molecule has 2 aromatic heterocycles. The Morgan fingerprint density at radius 1 is 1.00 bits per heavy atom. The highest BCUT2D eigenvalue weighted by Gasteiger charge is 2.13. The smallest absolute Gasteiger partial charge is 0.259 e. The van der Waals surface area contributed by atoms with Crippen molar-refractivity contribution in [1.29, 1.82) is 0 Å². The van der Waals surface area contributed by atoms with Gasteiger partial charge in [-0.3, -0.25) is 0 Å². The summed E-state index contributed by atoms with van der Waals surface area (Å²) in [5.74, 6) is 3.24. The zero-order valence-electron chi connectivity index (χ0n) is 15.2. The Kier molecular flexibility index (Phi) is 6.70. The molecule has 2 heterocycles. The lowest BCUT2D eigenvalue weighted by molar-refractivity contribution is 0.414. The van der Waals surface area contributed by atoms with Crippen molar-refractivity contribution >= 4 is 46.5 Å². The van der Waals surface area contributed by atoms with Crippen LogP contribution in [0, 0.1) is 0 Å². The molecule has 0 radical (unpaired) electrons. The third-order valence-electron chi connectivity index (χ3n) is 3.81. The molecule has 0 aliphatic heterocycles. The Labute approximate surface area is 185 Å². The topological polar surface area (TPSA) is 73.9 Å². The summed E-state index contributed by atoms with van der Waals surface area (Å²) in [6.07, 6.45) is 0. The summed E-state index contributed by atoms with van der Waals surface area (Å²) < 4.78 is 12.3. The summed E-state index contributed by atoms with van der Waals surface area (Å²) in [5, 5.41) is 13.1. The van der Waals surface area contributed by atoms with Crippen LogP contribution in [0.25, 0.3) is 11.5 Å². The number of halogens is 1. The van der Waals surface area contributed by atoms with Crippen molar-refractivity contribution in [2.75, 3.05) is 7.11 Å². The van der Waals surface area contributed by atoms with Crippen molar-refractivity contribution in [2.45, 2.75) is 20.2 Å². The van der Waals surface area contributed by atoms with E-state index in [9.17, 15) is 0 Å². The highest BCUT2D eigenvalue weighted by atomic mass is 35.5. The second-order valence-corrected chi connectivity index (χ2v) is 9.58. The lowest BCUT2D eigenvalue weighted by Crippen LogP contribution is -1.84. The van der Waals surface area contributed by atoms with Crippen LogP contribution in [0.1, 0.15) is 11.4 Å². The number of hydrogen-bond donors (Lipinski definition) is 0. The van der Waals surface area contributed by atoms with Crippen LogP contribution in [0.3, 0.4) is 0 Å². The largest absolute Gasteiger partial charge is 0.497 e. The first-order valence-electron chi connectivity index (χ1n) is 8.51. The lowest BCUT2D eigenvalue weighted by Gasteiger charge is -2.01. The summed E-state index contributed by atoms with van der Waals surface area (Å²) >= 11 is 10.9. The molecule has 4 rings (SSSR count). The summed E-state index contributed by atoms with van der Waals surface area (Å²) in [6.45, 7) is 0. The highest BCUT2D eigenvalue weighted by Crippen LogP contribution is 2.33. The molecule has 10 heteroatoms. The zero-order chi connectivity index (χ0) is 20.1. The van der Waals surface area contributed by atoms with Crippen LogP contribution in [0.15, 0.2) is 61.7 Å². The predicted molar refractivity (Wildman–Crippen MR) is 117 cm³/mol. The van der Waals surface area contributed by atoms with Gasteiger partial charge in [-0.15, -0.1) is 10.2 Å². The monoisotopic (exact) mass is 462 g/mol. The quantitative estimate of drug-likeness (QED) is 0.302. The van der Waals surface area contributed by atoms with Gasteiger partial charge in [0.15, 0.2) is 14.5 Å². The summed E-state index contributed by atoms with van der Waals surface area (Å²) in [7, 11) is 1.66. The molecule has 0 saturated carbocycles. The van der Waals surface area contributed by atoms with E-state index in [1.807, 2.05) is 30.3 Å². The van der Waals surface area contributed by atoms with Gasteiger partial charge in [0.1, 0.15) is 5.75 Å². The summed E-state index contributed by atoms with van der Waals surface area (Å²) in [6, 6.07) is 15.4. The summed E-state index contributed by atoms with van der Waals surface area (Å²) in [5.41, 5.74) is 1.94. The second kappa shape index (κ2) is 9.62. The molecular weight excluding hydrogens is 448 g/mol. The van der Waals surface area contributed by atoms with Crippen LogP contribution < -0.4 is 4.74 Å². The van der Waals surface area contributed by atoms with E-state index in [2.05, 4.69) is 32.5 Å². The minimum atomic E-state index is 0.416. The Morgan fingerprint density at radius 3 is 2.45 bits per heavy atom. The minimum absolute atomic E-state index is 0.416. The number of thioether (sulfide) groups is 2. The molecule has 6 nitrogen and oxygen atoms in total. The van der Waals surface area contributed by atoms with Gasteiger partial charge in [-0.05, 0) is 29.8 Å². The third kappa shape index (κ3) is 5.30. The fourth-order valence-corrected chi connectivity index (χ4v) is 5.40. The number of aromatic nitrogens is 4. The first-order chi connectivity index (χ1) is 14.2. The van der Waals surface area contributed by atoms with E-state index in [0.717, 1.165) is 25.7 Å². The Hall–Kier alpha value is -2.07. The minimum Gasteiger partial charge on any atom is -0.497 e. The molecule has 0 unspecified atom stereocenters. The van der Waals surface area contributed by atoms with Crippen molar-refractivity contribution < 1.29 is 9.26 Å². The molecule has 0 saturated heterocycles. The van der Waals surface area contributed by atoms with Gasteiger partial charge in [0.25, 0.3) is 5.89 Å². The van der Waals surface area contributed by atoms with E-state index < -0.39 is 0 Å². The molecule has 0 atom stereocenters. The molecule has 148 valence electrons. The standard InChI is InChI=1S/C19H15ClN4O2S3/c1-25-13-8-6-12(7-9-13)10-27-18-22-23-19(29-18)28-11-16-21-17(26-24-16)14-4-2-3-5-15(14)20/h2-9H,10-11H2,1H3. The number of hydrogen-bond acceptors (Lipinski definition) is 9. The van der Waals surface area contributed by atoms with Crippen molar-refractivity contribution in [3.63, 3.8) is 0 Å². The average molecular weight is 463 g/mol. The molecule has 2 aromatic carbocycles. The molecule has 0 aliphatic carbocycles. The molecule has 0 amide bonds. The van der Waals surface area contributed by atoms with Crippen LogP contribution in [-0.4, -0.2) is 27.4 Å². The highest BCUT2D eigenvalue weighted by molar-refractivity contribution is 8.02. The van der Waals surface area contributed by atoms with E-state index in [0.29, 0.717) is 22.5 Å². The molecule has 0 bridgehead atoms. The normalized spacial score (nSPS) is 11.0. The molecule has 0 N–H and O–H groups in total. The van der Waals surface area contributed by atoms with E-state index in [1.54, 1.807) is 36.3 Å². The van der Waals surface area contributed by atoms with Gasteiger partial charge < -0.3 is 9.26 Å². The second-order valence-electron chi connectivity index (χ2n) is 5.75. The fraction of sp³-hybridized carbons (Fsp3) is 0.158. The third-order valence-corrected chi connectivity index (χ3v) is 7.39. The number of ether oxygens (including phenoxy) is 1. The van der Waals surface area contributed by atoms with E-state index in [-0.39, 0.29) is 0 Å². The number of rotatable bonds is 8. The van der Waals surface area contributed by atoms with Crippen LogP contribution in [0.5, 0.6) is 5.75 Å². The van der Waals surface area contributed by atoms with Gasteiger partial charge in [0.2, 0.25) is 0 Å². The Morgan fingerprint density at radius 2 is 1.72 bits per heavy atom. The van der Waals surface area contributed by atoms with Crippen molar-refractivity contribution in [3.05, 3.63) is 64.9 Å². The Balaban J connectivity index is 1.31. The molecule has 0 spiro atoms. The molecule has 4 aromatic rings. The Bertz CT molecular complexity index is 1090. The van der Waals surface area contributed by atoms with Gasteiger partial charge in [0.05, 0.1) is 23.4 Å². The molecule has 0 aliphatic rings. The van der Waals surface area contributed by atoms with E-state index >= 15 is 0 Å². The fourth-order valence-electron chi connectivity index (χ4n) is 2.36.